The predicted molar refractivity (Wildman–Crippen MR) is 38.1 cm³/mol. The van der Waals surface area contributed by atoms with Crippen LogP contribution in [-0.4, -0.2) is 39.1 Å². The van der Waals surface area contributed by atoms with E-state index in [1.165, 1.54) is 0 Å². The second-order valence-corrected chi connectivity index (χ2v) is 2.26. The van der Waals surface area contributed by atoms with Crippen molar-refractivity contribution in [2.45, 2.75) is 13.0 Å². The van der Waals surface area contributed by atoms with Crippen molar-refractivity contribution in [1.82, 2.24) is 0 Å². The van der Waals surface area contributed by atoms with E-state index in [0.29, 0.717) is 33.0 Å². The summed E-state index contributed by atoms with van der Waals surface area (Å²) >= 11 is 0. The largest absolute Gasteiger partial charge is 0.376 e. The molecule has 0 aromatic carbocycles. The third-order valence-electron chi connectivity index (χ3n) is 1.34. The van der Waals surface area contributed by atoms with Gasteiger partial charge in [-0.3, -0.25) is 0 Å². The summed E-state index contributed by atoms with van der Waals surface area (Å²) in [6.45, 7) is 4.83. The van der Waals surface area contributed by atoms with Gasteiger partial charge < -0.3 is 9.47 Å². The maximum atomic E-state index is 5.29. The Hall–Kier alpha value is -0.160. The summed E-state index contributed by atoms with van der Waals surface area (Å²) in [6, 6.07) is 0. The van der Waals surface area contributed by atoms with Crippen LogP contribution in [0.5, 0.6) is 0 Å². The number of ether oxygens (including phenoxy) is 2. The predicted octanol–water partition coefficient (Wildman–Crippen LogP) is 0.370. The van der Waals surface area contributed by atoms with Gasteiger partial charge in [-0.15, -0.1) is 0 Å². The normalized spacial score (nSPS) is 25.4. The van der Waals surface area contributed by atoms with E-state index in [9.17, 15) is 0 Å². The fourth-order valence-electron chi connectivity index (χ4n) is 0.840. The minimum Gasteiger partial charge on any atom is -0.376 e. The van der Waals surface area contributed by atoms with E-state index in [2.05, 4.69) is 0 Å². The average Bonchev–Trinajstić information content (AvgIpc) is 2.07. The standard InChI is InChI=1S/C7H14O4/c1-2-10-11-6-7-5-8-3-4-9-7/h7H,2-6H2,1H3/t7-/m0/s1. The van der Waals surface area contributed by atoms with Crippen molar-refractivity contribution in [3.8, 4) is 0 Å². The highest BCUT2D eigenvalue weighted by Crippen LogP contribution is 2.00. The van der Waals surface area contributed by atoms with Crippen LogP contribution in [0.2, 0.25) is 0 Å². The van der Waals surface area contributed by atoms with Crippen molar-refractivity contribution < 1.29 is 19.2 Å². The smallest absolute Gasteiger partial charge is 0.111 e. The zero-order valence-corrected chi connectivity index (χ0v) is 6.75. The summed E-state index contributed by atoms with van der Waals surface area (Å²) in [6.07, 6.45) is 0.0373. The first kappa shape index (κ1) is 8.93. The summed E-state index contributed by atoms with van der Waals surface area (Å²) in [7, 11) is 0. The second kappa shape index (κ2) is 5.49. The van der Waals surface area contributed by atoms with Gasteiger partial charge in [-0.1, -0.05) is 0 Å². The molecule has 1 aliphatic rings. The van der Waals surface area contributed by atoms with Gasteiger partial charge >= 0.3 is 0 Å². The molecule has 0 aromatic heterocycles. The van der Waals surface area contributed by atoms with Crippen LogP contribution in [0.15, 0.2) is 0 Å². The minimum atomic E-state index is 0.0373. The van der Waals surface area contributed by atoms with Crippen LogP contribution < -0.4 is 0 Å². The van der Waals surface area contributed by atoms with Gasteiger partial charge in [-0.05, 0) is 6.92 Å². The number of rotatable bonds is 4. The lowest BCUT2D eigenvalue weighted by Gasteiger charge is -2.21. The van der Waals surface area contributed by atoms with Gasteiger partial charge in [-0.25, -0.2) is 9.78 Å². The molecule has 1 atom stereocenters. The van der Waals surface area contributed by atoms with E-state index in [1.54, 1.807) is 0 Å². The van der Waals surface area contributed by atoms with Gasteiger partial charge in [-0.2, -0.15) is 0 Å². The molecule has 0 spiro atoms. The maximum Gasteiger partial charge on any atom is 0.111 e. The van der Waals surface area contributed by atoms with Crippen molar-refractivity contribution in [2.75, 3.05) is 33.0 Å². The van der Waals surface area contributed by atoms with Crippen molar-refractivity contribution >= 4 is 0 Å². The fraction of sp³-hybridized carbons (Fsp3) is 1.00. The third kappa shape index (κ3) is 3.67. The van der Waals surface area contributed by atoms with Crippen molar-refractivity contribution in [3.63, 3.8) is 0 Å². The lowest BCUT2D eigenvalue weighted by Crippen LogP contribution is -2.32. The number of hydrogen-bond donors (Lipinski definition) is 0. The van der Waals surface area contributed by atoms with E-state index in [-0.39, 0.29) is 6.10 Å². The molecule has 0 amide bonds. The van der Waals surface area contributed by atoms with Gasteiger partial charge in [0.15, 0.2) is 0 Å². The molecule has 0 unspecified atom stereocenters. The molecule has 11 heavy (non-hydrogen) atoms. The summed E-state index contributed by atoms with van der Waals surface area (Å²) < 4.78 is 10.4. The van der Waals surface area contributed by atoms with Crippen LogP contribution >= 0.6 is 0 Å². The Balaban J connectivity index is 1.96. The zero-order valence-electron chi connectivity index (χ0n) is 6.75. The molecule has 0 N–H and O–H groups in total. The summed E-state index contributed by atoms with van der Waals surface area (Å²) in [5.41, 5.74) is 0. The minimum absolute atomic E-state index is 0.0373. The van der Waals surface area contributed by atoms with E-state index >= 15 is 0 Å². The van der Waals surface area contributed by atoms with Crippen molar-refractivity contribution in [3.05, 3.63) is 0 Å². The Morgan fingerprint density at radius 2 is 2.27 bits per heavy atom. The summed E-state index contributed by atoms with van der Waals surface area (Å²) in [5, 5.41) is 0. The number of hydrogen-bond acceptors (Lipinski definition) is 4. The first-order chi connectivity index (χ1) is 5.43. The van der Waals surface area contributed by atoms with E-state index in [1.807, 2.05) is 6.92 Å². The molecular formula is C7H14O4. The molecule has 4 heteroatoms. The first-order valence-electron chi connectivity index (χ1n) is 3.87. The lowest BCUT2D eigenvalue weighted by molar-refractivity contribution is -0.310. The zero-order chi connectivity index (χ0) is 7.94. The molecule has 0 radical (unpaired) electrons. The van der Waals surface area contributed by atoms with Crippen molar-refractivity contribution in [1.29, 1.82) is 0 Å². The van der Waals surface area contributed by atoms with E-state index in [0.717, 1.165) is 0 Å². The monoisotopic (exact) mass is 162 g/mol. The van der Waals surface area contributed by atoms with Gasteiger partial charge in [0.25, 0.3) is 0 Å². The molecular weight excluding hydrogens is 148 g/mol. The second-order valence-electron chi connectivity index (χ2n) is 2.26. The molecule has 1 fully saturated rings. The molecule has 66 valence electrons. The molecule has 1 rings (SSSR count). The highest BCUT2D eigenvalue weighted by atomic mass is 17.2. The molecule has 4 nitrogen and oxygen atoms in total. The highest BCUT2D eigenvalue weighted by Gasteiger charge is 2.14. The average molecular weight is 162 g/mol. The summed E-state index contributed by atoms with van der Waals surface area (Å²) in [5.74, 6) is 0. The SMILES string of the molecule is CCOOC[C@@H]1COCCO1. The maximum absolute atomic E-state index is 5.29. The Kier molecular flexibility index (Phi) is 4.45. The Bertz CT molecular complexity index is 90.4. The molecule has 0 aromatic rings. The topological polar surface area (TPSA) is 36.9 Å². The van der Waals surface area contributed by atoms with Crippen LogP contribution in [0.25, 0.3) is 0 Å². The molecule has 0 aliphatic carbocycles. The van der Waals surface area contributed by atoms with Crippen LogP contribution in [0.4, 0.5) is 0 Å². The summed E-state index contributed by atoms with van der Waals surface area (Å²) in [4.78, 5) is 9.52. The van der Waals surface area contributed by atoms with Crippen LogP contribution in [-0.2, 0) is 19.2 Å². The van der Waals surface area contributed by atoms with E-state index in [4.69, 9.17) is 19.2 Å². The van der Waals surface area contributed by atoms with Gasteiger partial charge in [0, 0.05) is 0 Å². The van der Waals surface area contributed by atoms with Gasteiger partial charge in [0.1, 0.15) is 12.7 Å². The quantitative estimate of drug-likeness (QED) is 0.340. The first-order valence-corrected chi connectivity index (χ1v) is 3.87. The molecule has 0 saturated carbocycles. The van der Waals surface area contributed by atoms with Gasteiger partial charge in [0.05, 0.1) is 26.4 Å². The Labute approximate surface area is 66.3 Å². The highest BCUT2D eigenvalue weighted by molar-refractivity contribution is 4.57. The lowest BCUT2D eigenvalue weighted by atomic mass is 10.4. The van der Waals surface area contributed by atoms with E-state index < -0.39 is 0 Å². The Morgan fingerprint density at radius 3 is 2.91 bits per heavy atom. The molecule has 0 bridgehead atoms. The Morgan fingerprint density at radius 1 is 1.36 bits per heavy atom. The third-order valence-corrected chi connectivity index (χ3v) is 1.34. The molecule has 1 aliphatic heterocycles. The van der Waals surface area contributed by atoms with Gasteiger partial charge in [0.2, 0.25) is 0 Å². The fourth-order valence-corrected chi connectivity index (χ4v) is 0.840. The molecule has 1 heterocycles. The molecule has 1 saturated heterocycles. The van der Waals surface area contributed by atoms with Crippen LogP contribution in [0.1, 0.15) is 6.92 Å². The van der Waals surface area contributed by atoms with Crippen LogP contribution in [0, 0.1) is 0 Å². The van der Waals surface area contributed by atoms with Crippen molar-refractivity contribution in [2.24, 2.45) is 0 Å². The van der Waals surface area contributed by atoms with Crippen LogP contribution in [0.3, 0.4) is 0 Å².